The van der Waals surface area contributed by atoms with E-state index in [2.05, 4.69) is 21.2 Å². The number of carbonyl (C=O) groups excluding carboxylic acids is 4. The van der Waals surface area contributed by atoms with Gasteiger partial charge in [0.25, 0.3) is 11.1 Å². The molecule has 4 rings (SSSR count). The number of rotatable bonds is 10. The van der Waals surface area contributed by atoms with Gasteiger partial charge in [0.05, 0.1) is 11.4 Å². The molecule has 0 bridgehead atoms. The van der Waals surface area contributed by atoms with Gasteiger partial charge in [0, 0.05) is 58.0 Å². The van der Waals surface area contributed by atoms with Gasteiger partial charge in [-0.25, -0.2) is 0 Å². The Morgan fingerprint density at radius 3 is 2.62 bits per heavy atom. The number of aromatic nitrogens is 1. The zero-order chi connectivity index (χ0) is 26.5. The van der Waals surface area contributed by atoms with Gasteiger partial charge in [-0.3, -0.25) is 24.1 Å². The van der Waals surface area contributed by atoms with E-state index in [0.29, 0.717) is 35.7 Å². The molecule has 1 aliphatic heterocycles. The van der Waals surface area contributed by atoms with Crippen molar-refractivity contribution < 1.29 is 23.9 Å². The van der Waals surface area contributed by atoms with Crippen LogP contribution in [0, 0.1) is 0 Å². The number of methoxy groups -OCH3 is 1. The largest absolute Gasteiger partial charge is 0.385 e. The lowest BCUT2D eigenvalue weighted by Gasteiger charge is -2.11. The van der Waals surface area contributed by atoms with Gasteiger partial charge in [-0.2, -0.15) is 0 Å². The first-order valence-electron chi connectivity index (χ1n) is 11.3. The summed E-state index contributed by atoms with van der Waals surface area (Å²) in [5.74, 6) is -1.05. The number of ketones is 1. The van der Waals surface area contributed by atoms with Gasteiger partial charge in [0.2, 0.25) is 5.91 Å². The molecule has 1 aromatic heterocycles. The first-order chi connectivity index (χ1) is 17.8. The number of benzene rings is 2. The number of nitrogens with zero attached hydrogens (tertiary/aromatic N) is 2. The van der Waals surface area contributed by atoms with Crippen LogP contribution in [0.2, 0.25) is 5.02 Å². The summed E-state index contributed by atoms with van der Waals surface area (Å²) < 4.78 is 7.63. The number of imide groups is 1. The summed E-state index contributed by atoms with van der Waals surface area (Å²) in [5.41, 5.74) is 1.84. The Kier molecular flexibility index (Phi) is 8.86. The lowest BCUT2D eigenvalue weighted by Crippen LogP contribution is -2.33. The minimum absolute atomic E-state index is 0.0933. The molecule has 8 nitrogen and oxygen atoms in total. The van der Waals surface area contributed by atoms with E-state index >= 15 is 0 Å². The van der Waals surface area contributed by atoms with Gasteiger partial charge >= 0.3 is 0 Å². The van der Waals surface area contributed by atoms with E-state index < -0.39 is 11.1 Å². The number of nitrogens with one attached hydrogen (secondary N) is 1. The van der Waals surface area contributed by atoms with Crippen LogP contribution in [-0.2, 0) is 20.9 Å². The molecule has 37 heavy (non-hydrogen) atoms. The van der Waals surface area contributed by atoms with Crippen LogP contribution >= 0.6 is 39.3 Å². The first kappa shape index (κ1) is 27.1. The normalized spacial score (nSPS) is 14.7. The van der Waals surface area contributed by atoms with E-state index in [1.807, 2.05) is 18.2 Å². The van der Waals surface area contributed by atoms with E-state index in [1.54, 1.807) is 48.2 Å². The van der Waals surface area contributed by atoms with Crippen LogP contribution in [0.5, 0.6) is 0 Å². The van der Waals surface area contributed by atoms with Crippen LogP contribution in [0.4, 0.5) is 4.79 Å². The Bertz CT molecular complexity index is 1400. The van der Waals surface area contributed by atoms with Crippen LogP contribution in [-0.4, -0.2) is 59.1 Å². The van der Waals surface area contributed by atoms with E-state index in [9.17, 15) is 19.2 Å². The third-order valence-electron chi connectivity index (χ3n) is 5.66. The zero-order valence-corrected chi connectivity index (χ0v) is 23.0. The topological polar surface area (TPSA) is 97.7 Å². The van der Waals surface area contributed by atoms with E-state index in [0.717, 1.165) is 32.0 Å². The van der Waals surface area contributed by atoms with Crippen molar-refractivity contribution in [3.63, 3.8) is 0 Å². The van der Waals surface area contributed by atoms with Crippen molar-refractivity contribution in [2.45, 2.75) is 13.0 Å². The molecule has 2 heterocycles. The fourth-order valence-electron chi connectivity index (χ4n) is 3.85. The highest BCUT2D eigenvalue weighted by molar-refractivity contribution is 9.10. The van der Waals surface area contributed by atoms with Crippen LogP contribution in [0.15, 0.2) is 58.0 Å². The molecule has 1 saturated heterocycles. The summed E-state index contributed by atoms with van der Waals surface area (Å²) in [6.45, 7) is 0.799. The van der Waals surface area contributed by atoms with E-state index in [-0.39, 0.29) is 29.7 Å². The van der Waals surface area contributed by atoms with Gasteiger partial charge in [0.15, 0.2) is 5.78 Å². The maximum Gasteiger partial charge on any atom is 0.293 e. The average molecular weight is 605 g/mol. The highest BCUT2D eigenvalue weighted by Gasteiger charge is 2.36. The second-order valence-corrected chi connectivity index (χ2v) is 10.6. The number of fused-ring (bicyclic) bond motifs is 1. The number of hydrogen-bond donors (Lipinski definition) is 1. The molecule has 0 saturated carbocycles. The lowest BCUT2D eigenvalue weighted by atomic mass is 10.1. The molecule has 3 aromatic rings. The Morgan fingerprint density at radius 2 is 1.89 bits per heavy atom. The summed E-state index contributed by atoms with van der Waals surface area (Å²) in [5, 5.41) is 3.65. The van der Waals surface area contributed by atoms with Crippen molar-refractivity contribution in [1.29, 1.82) is 0 Å². The fourth-order valence-corrected chi connectivity index (χ4v) is 5.16. The third kappa shape index (κ3) is 6.51. The molecular formula is C26H23BrClN3O5S. The summed E-state index contributed by atoms with van der Waals surface area (Å²) in [7, 11) is 1.61. The van der Waals surface area contributed by atoms with Gasteiger partial charge in [-0.05, 0) is 66.7 Å². The number of halogens is 2. The van der Waals surface area contributed by atoms with Crippen LogP contribution < -0.4 is 5.32 Å². The molecule has 0 aliphatic carbocycles. The second kappa shape index (κ2) is 12.1. The van der Waals surface area contributed by atoms with E-state index in [1.165, 1.54) is 0 Å². The summed E-state index contributed by atoms with van der Waals surface area (Å²) in [4.78, 5) is 51.9. The Labute approximate surface area is 231 Å². The molecule has 0 unspecified atom stereocenters. The molecule has 0 spiro atoms. The number of amides is 3. The Balaban J connectivity index is 1.55. The van der Waals surface area contributed by atoms with Crippen LogP contribution in [0.25, 0.3) is 17.0 Å². The van der Waals surface area contributed by atoms with Gasteiger partial charge < -0.3 is 14.6 Å². The number of hydrogen-bond acceptors (Lipinski definition) is 6. The van der Waals surface area contributed by atoms with Crippen molar-refractivity contribution in [1.82, 2.24) is 14.8 Å². The molecule has 0 radical (unpaired) electrons. The molecule has 2 aromatic carbocycles. The minimum atomic E-state index is -0.538. The van der Waals surface area contributed by atoms with Crippen molar-refractivity contribution in [3.8, 4) is 0 Å². The summed E-state index contributed by atoms with van der Waals surface area (Å²) in [6, 6.07) is 11.9. The molecule has 1 N–H and O–H groups in total. The molecule has 0 atom stereocenters. The highest BCUT2D eigenvalue weighted by Crippen LogP contribution is 2.35. The maximum atomic E-state index is 13.1. The zero-order valence-electron chi connectivity index (χ0n) is 19.8. The Morgan fingerprint density at radius 1 is 1.14 bits per heavy atom. The summed E-state index contributed by atoms with van der Waals surface area (Å²) in [6.07, 6.45) is 4.11. The predicted octanol–water partition coefficient (Wildman–Crippen LogP) is 5.13. The number of carbonyl (C=O) groups is 4. The average Bonchev–Trinajstić information content (AvgIpc) is 3.33. The SMILES string of the molecule is COCCCNC(=O)Cn1cc(/C=C2\SC(=O)N(CC(=O)c3ccc(Cl)cc3)C2=O)c2cc(Br)ccc21. The monoisotopic (exact) mass is 603 g/mol. The van der Waals surface area contributed by atoms with E-state index in [4.69, 9.17) is 16.3 Å². The van der Waals surface area contributed by atoms with Crippen molar-refractivity contribution in [2.24, 2.45) is 0 Å². The second-order valence-electron chi connectivity index (χ2n) is 8.27. The van der Waals surface area contributed by atoms with Gasteiger partial charge in [-0.1, -0.05) is 27.5 Å². The van der Waals surface area contributed by atoms with Gasteiger partial charge in [-0.15, -0.1) is 0 Å². The molecule has 11 heteroatoms. The predicted molar refractivity (Wildman–Crippen MR) is 148 cm³/mol. The molecule has 3 amide bonds. The fraction of sp³-hybridized carbons (Fsp3) is 0.231. The third-order valence-corrected chi connectivity index (χ3v) is 7.32. The van der Waals surface area contributed by atoms with Gasteiger partial charge in [0.1, 0.15) is 6.54 Å². The highest BCUT2D eigenvalue weighted by atomic mass is 79.9. The number of ether oxygens (including phenoxy) is 1. The quantitative estimate of drug-likeness (QED) is 0.196. The molecule has 192 valence electrons. The number of thioether (sulfide) groups is 1. The van der Waals surface area contributed by atoms with Crippen LogP contribution in [0.3, 0.4) is 0 Å². The van der Waals surface area contributed by atoms with Crippen molar-refractivity contribution in [2.75, 3.05) is 26.8 Å². The molecular weight excluding hydrogens is 582 g/mol. The van der Waals surface area contributed by atoms with Crippen LogP contribution in [0.1, 0.15) is 22.3 Å². The minimum Gasteiger partial charge on any atom is -0.385 e. The van der Waals surface area contributed by atoms with Crippen molar-refractivity contribution in [3.05, 3.63) is 74.2 Å². The molecule has 1 aliphatic rings. The first-order valence-corrected chi connectivity index (χ1v) is 13.3. The smallest absolute Gasteiger partial charge is 0.293 e. The lowest BCUT2D eigenvalue weighted by molar-refractivity contribution is -0.122. The number of Topliss-reactive ketones (excluding diaryl/α,β-unsaturated/α-hetero) is 1. The van der Waals surface area contributed by atoms with Crippen molar-refractivity contribution >= 4 is 79.1 Å². The maximum absolute atomic E-state index is 13.1. The summed E-state index contributed by atoms with van der Waals surface area (Å²) >= 11 is 10.1. The molecule has 1 fully saturated rings. The standard InChI is InChI=1S/C26H23BrClN3O5S/c1-36-10-2-9-29-24(33)15-30-13-17(20-12-18(27)5-8-21(20)30)11-23-25(34)31(26(35)37-23)14-22(32)16-3-6-19(28)7-4-16/h3-8,11-13H,2,9-10,14-15H2,1H3,(H,29,33)/b23-11-. The Hall–Kier alpha value is -2.92.